The lowest BCUT2D eigenvalue weighted by atomic mass is 10.0. The number of ether oxygens (including phenoxy) is 2. The first-order valence-electron chi connectivity index (χ1n) is 4.65. The van der Waals surface area contributed by atoms with E-state index in [-0.39, 0.29) is 22.6 Å². The van der Waals surface area contributed by atoms with E-state index in [2.05, 4.69) is 0 Å². The van der Waals surface area contributed by atoms with Gasteiger partial charge in [0.05, 0.1) is 20.2 Å². The number of hydrogen-bond donors (Lipinski definition) is 0. The summed E-state index contributed by atoms with van der Waals surface area (Å²) in [6.45, 7) is 0. The number of rotatable bonds is 5. The molecule has 1 aromatic rings. The molecular weight excluding hydrogens is 228 g/mol. The fourth-order valence-corrected chi connectivity index (χ4v) is 1.41. The van der Waals surface area contributed by atoms with Gasteiger partial charge in [0, 0.05) is 18.0 Å². The van der Waals surface area contributed by atoms with Crippen LogP contribution in [0.25, 0.3) is 0 Å². The topological polar surface area (TPSA) is 98.7 Å². The van der Waals surface area contributed by atoms with Gasteiger partial charge in [0.25, 0.3) is 0 Å². The van der Waals surface area contributed by atoms with Crippen LogP contribution in [0.3, 0.4) is 0 Å². The third-order valence-electron chi connectivity index (χ3n) is 2.16. The molecule has 1 aromatic carbocycles. The Hall–Kier alpha value is -2.24. The lowest BCUT2D eigenvalue weighted by molar-refractivity contribution is -0.304. The highest BCUT2D eigenvalue weighted by Crippen LogP contribution is 2.30. The van der Waals surface area contributed by atoms with Gasteiger partial charge >= 0.3 is 0 Å². The van der Waals surface area contributed by atoms with Crippen molar-refractivity contribution < 1.29 is 29.3 Å². The largest absolute Gasteiger partial charge is 0.550 e. The maximum atomic E-state index is 10.9. The van der Waals surface area contributed by atoms with Crippen molar-refractivity contribution in [1.29, 1.82) is 0 Å². The molecule has 0 saturated carbocycles. The van der Waals surface area contributed by atoms with Crippen LogP contribution in [0.4, 0.5) is 0 Å². The highest BCUT2D eigenvalue weighted by atomic mass is 16.5. The maximum absolute atomic E-state index is 10.9. The van der Waals surface area contributed by atoms with E-state index in [4.69, 9.17) is 9.47 Å². The van der Waals surface area contributed by atoms with E-state index in [0.29, 0.717) is 0 Å². The Bertz CT molecular complexity index is 452. The lowest BCUT2D eigenvalue weighted by Crippen LogP contribution is -2.28. The Morgan fingerprint density at radius 2 is 1.65 bits per heavy atom. The second-order valence-corrected chi connectivity index (χ2v) is 3.20. The summed E-state index contributed by atoms with van der Waals surface area (Å²) in [5.41, 5.74) is -0.213. The highest BCUT2D eigenvalue weighted by Gasteiger charge is 2.12. The first-order valence-corrected chi connectivity index (χ1v) is 4.65. The van der Waals surface area contributed by atoms with E-state index in [1.165, 1.54) is 20.3 Å². The van der Waals surface area contributed by atoms with Crippen molar-refractivity contribution >= 4 is 11.9 Å². The van der Waals surface area contributed by atoms with Gasteiger partial charge in [0.15, 0.2) is 11.5 Å². The Morgan fingerprint density at radius 3 is 2.06 bits per heavy atom. The minimum atomic E-state index is -1.48. The van der Waals surface area contributed by atoms with Gasteiger partial charge in [-0.2, -0.15) is 0 Å². The maximum Gasteiger partial charge on any atom is 0.161 e. The van der Waals surface area contributed by atoms with Crippen LogP contribution >= 0.6 is 0 Å². The summed E-state index contributed by atoms with van der Waals surface area (Å²) in [4.78, 5) is 21.4. The number of aliphatic carboxylic acids is 1. The first-order chi connectivity index (χ1) is 7.99. The zero-order valence-electron chi connectivity index (χ0n) is 9.31. The van der Waals surface area contributed by atoms with Gasteiger partial charge < -0.3 is 29.3 Å². The SMILES string of the molecule is COc1cc(CC(=O)[O-])c(C(=O)[O-])cc1OC. The number of carbonyl (C=O) groups excluding carboxylic acids is 2. The average molecular weight is 238 g/mol. The quantitative estimate of drug-likeness (QED) is 0.610. The molecule has 0 radical (unpaired) electrons. The Kier molecular flexibility index (Phi) is 3.92. The number of carboxylic acid groups (broad SMARTS) is 2. The van der Waals surface area contributed by atoms with E-state index >= 15 is 0 Å². The molecule has 0 bridgehead atoms. The van der Waals surface area contributed by atoms with Crippen molar-refractivity contribution in [2.24, 2.45) is 0 Å². The molecular formula is C11H10O6-2. The fraction of sp³-hybridized carbons (Fsp3) is 0.273. The molecule has 1 rings (SSSR count). The summed E-state index contributed by atoms with van der Waals surface area (Å²) in [5, 5.41) is 21.4. The van der Waals surface area contributed by atoms with Crippen LogP contribution in [0, 0.1) is 0 Å². The van der Waals surface area contributed by atoms with Gasteiger partial charge in [-0.05, 0) is 17.7 Å². The molecule has 0 atom stereocenters. The summed E-state index contributed by atoms with van der Waals surface area (Å²) in [7, 11) is 2.70. The van der Waals surface area contributed by atoms with Crippen molar-refractivity contribution in [3.8, 4) is 11.5 Å². The van der Waals surface area contributed by atoms with Gasteiger partial charge in [-0.15, -0.1) is 0 Å². The zero-order chi connectivity index (χ0) is 13.0. The third-order valence-corrected chi connectivity index (χ3v) is 2.16. The molecule has 6 nitrogen and oxygen atoms in total. The second kappa shape index (κ2) is 5.20. The number of hydrogen-bond acceptors (Lipinski definition) is 6. The van der Waals surface area contributed by atoms with Gasteiger partial charge in [0.1, 0.15) is 0 Å². The van der Waals surface area contributed by atoms with Crippen LogP contribution in [0.5, 0.6) is 11.5 Å². The van der Waals surface area contributed by atoms with Crippen LogP contribution in [0.1, 0.15) is 15.9 Å². The molecule has 0 saturated heterocycles. The Morgan fingerprint density at radius 1 is 1.12 bits per heavy atom. The van der Waals surface area contributed by atoms with Crippen molar-refractivity contribution in [3.63, 3.8) is 0 Å². The monoisotopic (exact) mass is 238 g/mol. The molecule has 6 heteroatoms. The van der Waals surface area contributed by atoms with Crippen molar-refractivity contribution in [2.45, 2.75) is 6.42 Å². The molecule has 0 amide bonds. The zero-order valence-corrected chi connectivity index (χ0v) is 9.31. The summed E-state index contributed by atoms with van der Waals surface area (Å²) < 4.78 is 9.85. The Balaban J connectivity index is 3.34. The van der Waals surface area contributed by atoms with Crippen molar-refractivity contribution in [1.82, 2.24) is 0 Å². The fourth-order valence-electron chi connectivity index (χ4n) is 1.41. The minimum Gasteiger partial charge on any atom is -0.550 e. The van der Waals surface area contributed by atoms with Gasteiger partial charge in [-0.25, -0.2) is 0 Å². The lowest BCUT2D eigenvalue weighted by Gasteiger charge is -2.15. The highest BCUT2D eigenvalue weighted by molar-refractivity contribution is 5.90. The van der Waals surface area contributed by atoms with Crippen LogP contribution in [0.15, 0.2) is 12.1 Å². The van der Waals surface area contributed by atoms with Crippen LogP contribution < -0.4 is 19.7 Å². The average Bonchev–Trinajstić information content (AvgIpc) is 2.27. The molecule has 0 heterocycles. The molecule has 0 aliphatic heterocycles. The molecule has 0 fully saturated rings. The number of aromatic carboxylic acids is 1. The molecule has 0 aliphatic carbocycles. The van der Waals surface area contributed by atoms with Crippen LogP contribution in [-0.2, 0) is 11.2 Å². The molecule has 0 N–H and O–H groups in total. The number of benzene rings is 1. The second-order valence-electron chi connectivity index (χ2n) is 3.20. The van der Waals surface area contributed by atoms with E-state index in [1.54, 1.807) is 0 Å². The van der Waals surface area contributed by atoms with E-state index in [0.717, 1.165) is 6.07 Å². The summed E-state index contributed by atoms with van der Waals surface area (Å²) in [6.07, 6.45) is -0.538. The predicted octanol–water partition coefficient (Wildman–Crippen LogP) is -1.64. The van der Waals surface area contributed by atoms with E-state index in [1.807, 2.05) is 0 Å². The van der Waals surface area contributed by atoms with Crippen molar-refractivity contribution in [2.75, 3.05) is 14.2 Å². The first kappa shape index (κ1) is 12.8. The van der Waals surface area contributed by atoms with Gasteiger partial charge in [-0.1, -0.05) is 0 Å². The van der Waals surface area contributed by atoms with Crippen molar-refractivity contribution in [3.05, 3.63) is 23.3 Å². The normalized spacial score (nSPS) is 9.76. The Labute approximate surface area is 97.4 Å². The summed E-state index contributed by atoms with van der Waals surface area (Å²) in [5.74, 6) is -2.44. The number of carbonyl (C=O) groups is 2. The van der Waals surface area contributed by atoms with Crippen LogP contribution in [-0.4, -0.2) is 26.2 Å². The summed E-state index contributed by atoms with van der Waals surface area (Å²) in [6, 6.07) is 2.44. The third kappa shape index (κ3) is 2.87. The molecule has 17 heavy (non-hydrogen) atoms. The van der Waals surface area contributed by atoms with Crippen LogP contribution in [0.2, 0.25) is 0 Å². The van der Waals surface area contributed by atoms with Gasteiger partial charge in [-0.3, -0.25) is 0 Å². The smallest absolute Gasteiger partial charge is 0.161 e. The number of methoxy groups -OCH3 is 2. The standard InChI is InChI=1S/C11H12O6/c1-16-8-3-6(4-10(12)13)7(11(14)15)5-9(8)17-2/h3,5H,4H2,1-2H3,(H,12,13)(H,14,15)/p-2. The molecule has 0 spiro atoms. The van der Waals surface area contributed by atoms with Gasteiger partial charge in [0.2, 0.25) is 0 Å². The van der Waals surface area contributed by atoms with E-state index in [9.17, 15) is 19.8 Å². The molecule has 92 valence electrons. The number of carboxylic acids is 2. The summed E-state index contributed by atoms with van der Waals surface area (Å²) >= 11 is 0. The van der Waals surface area contributed by atoms with E-state index < -0.39 is 18.4 Å². The molecule has 0 aromatic heterocycles. The predicted molar refractivity (Wildman–Crippen MR) is 52.6 cm³/mol. The molecule has 0 unspecified atom stereocenters. The minimum absolute atomic E-state index is 0.0441. The molecule has 0 aliphatic rings.